The zero-order chi connectivity index (χ0) is 17.8. The quantitative estimate of drug-likeness (QED) is 0.901. The van der Waals surface area contributed by atoms with E-state index in [1.54, 1.807) is 30.2 Å². The predicted molar refractivity (Wildman–Crippen MR) is 94.8 cm³/mol. The summed E-state index contributed by atoms with van der Waals surface area (Å²) >= 11 is 6.11. The molecule has 3 rings (SSSR count). The van der Waals surface area contributed by atoms with Crippen LogP contribution in [-0.2, 0) is 4.74 Å². The number of aromatic nitrogens is 2. The molecular formula is C17H19ClN4O3. The SMILES string of the molecule is COc1cc(Cl)c(C)cc1Nc1ccc(C(=O)N2CCOCC2)nn1. The fraction of sp³-hybridized carbons (Fsp3) is 0.353. The number of carbonyl (C=O) groups is 1. The second-order valence-corrected chi connectivity index (χ2v) is 6.04. The molecule has 2 aromatic rings. The third kappa shape index (κ3) is 4.00. The number of benzene rings is 1. The Morgan fingerprint density at radius 1 is 1.28 bits per heavy atom. The zero-order valence-electron chi connectivity index (χ0n) is 14.1. The summed E-state index contributed by atoms with van der Waals surface area (Å²) < 4.78 is 10.6. The molecule has 0 saturated carbocycles. The highest BCUT2D eigenvalue weighted by molar-refractivity contribution is 6.31. The highest BCUT2D eigenvalue weighted by atomic mass is 35.5. The Morgan fingerprint density at radius 3 is 2.68 bits per heavy atom. The second kappa shape index (κ2) is 7.67. The van der Waals surface area contributed by atoms with Crippen molar-refractivity contribution >= 4 is 29.0 Å². The number of amides is 1. The summed E-state index contributed by atoms with van der Waals surface area (Å²) in [6, 6.07) is 6.98. The third-order valence-corrected chi connectivity index (χ3v) is 4.33. The van der Waals surface area contributed by atoms with Crippen molar-refractivity contribution in [2.75, 3.05) is 38.7 Å². The van der Waals surface area contributed by atoms with Gasteiger partial charge in [0.2, 0.25) is 0 Å². The van der Waals surface area contributed by atoms with Crippen LogP contribution in [0.2, 0.25) is 5.02 Å². The van der Waals surface area contributed by atoms with Crippen molar-refractivity contribution in [2.45, 2.75) is 6.92 Å². The molecule has 1 aromatic heterocycles. The van der Waals surface area contributed by atoms with E-state index in [0.717, 1.165) is 11.3 Å². The van der Waals surface area contributed by atoms with E-state index in [-0.39, 0.29) is 5.91 Å². The summed E-state index contributed by atoms with van der Waals surface area (Å²) in [5, 5.41) is 11.9. The molecule has 0 spiro atoms. The number of carbonyl (C=O) groups excluding carboxylic acids is 1. The Morgan fingerprint density at radius 2 is 2.04 bits per heavy atom. The number of nitrogens with zero attached hydrogens (tertiary/aromatic N) is 3. The van der Waals surface area contributed by atoms with Gasteiger partial charge < -0.3 is 19.7 Å². The largest absolute Gasteiger partial charge is 0.495 e. The molecule has 1 saturated heterocycles. The first-order valence-electron chi connectivity index (χ1n) is 7.90. The van der Waals surface area contributed by atoms with Crippen molar-refractivity contribution < 1.29 is 14.3 Å². The van der Waals surface area contributed by atoms with Gasteiger partial charge in [-0.05, 0) is 30.7 Å². The maximum Gasteiger partial charge on any atom is 0.274 e. The fourth-order valence-corrected chi connectivity index (χ4v) is 2.66. The summed E-state index contributed by atoms with van der Waals surface area (Å²) in [6.45, 7) is 4.15. The molecule has 2 heterocycles. The number of morpholine rings is 1. The van der Waals surface area contributed by atoms with E-state index in [9.17, 15) is 4.79 Å². The van der Waals surface area contributed by atoms with Gasteiger partial charge >= 0.3 is 0 Å². The Kier molecular flexibility index (Phi) is 5.35. The molecular weight excluding hydrogens is 344 g/mol. The smallest absolute Gasteiger partial charge is 0.274 e. The minimum absolute atomic E-state index is 0.137. The predicted octanol–water partition coefficient (Wildman–Crippen LogP) is 2.66. The van der Waals surface area contributed by atoms with Crippen LogP contribution < -0.4 is 10.1 Å². The van der Waals surface area contributed by atoms with E-state index in [4.69, 9.17) is 21.1 Å². The van der Waals surface area contributed by atoms with Gasteiger partial charge in [0.1, 0.15) is 5.75 Å². The van der Waals surface area contributed by atoms with Crippen LogP contribution >= 0.6 is 11.6 Å². The van der Waals surface area contributed by atoms with Crippen LogP contribution in [0.1, 0.15) is 16.1 Å². The number of methoxy groups -OCH3 is 1. The zero-order valence-corrected chi connectivity index (χ0v) is 14.8. The number of halogens is 1. The topological polar surface area (TPSA) is 76.6 Å². The van der Waals surface area contributed by atoms with Gasteiger partial charge in [0.15, 0.2) is 11.5 Å². The van der Waals surface area contributed by atoms with Crippen molar-refractivity contribution in [3.63, 3.8) is 0 Å². The minimum atomic E-state index is -0.137. The first-order valence-corrected chi connectivity index (χ1v) is 8.28. The van der Waals surface area contributed by atoms with E-state index in [1.165, 1.54) is 0 Å². The number of hydrogen-bond acceptors (Lipinski definition) is 6. The molecule has 0 bridgehead atoms. The summed E-state index contributed by atoms with van der Waals surface area (Å²) in [4.78, 5) is 14.1. The molecule has 1 aliphatic heterocycles. The van der Waals surface area contributed by atoms with E-state index in [2.05, 4.69) is 15.5 Å². The van der Waals surface area contributed by atoms with E-state index in [1.807, 2.05) is 13.0 Å². The van der Waals surface area contributed by atoms with Gasteiger partial charge in [0.25, 0.3) is 5.91 Å². The van der Waals surface area contributed by atoms with Gasteiger partial charge in [-0.3, -0.25) is 4.79 Å². The average Bonchev–Trinajstić information content (AvgIpc) is 2.65. The van der Waals surface area contributed by atoms with Crippen LogP contribution in [0.25, 0.3) is 0 Å². The van der Waals surface area contributed by atoms with Gasteiger partial charge in [-0.1, -0.05) is 11.6 Å². The van der Waals surface area contributed by atoms with E-state index in [0.29, 0.717) is 48.6 Å². The fourth-order valence-electron chi connectivity index (χ4n) is 2.51. The summed E-state index contributed by atoms with van der Waals surface area (Å²) in [7, 11) is 1.57. The number of rotatable bonds is 4. The number of nitrogens with one attached hydrogen (secondary N) is 1. The highest BCUT2D eigenvalue weighted by Crippen LogP contribution is 2.32. The molecule has 132 valence electrons. The molecule has 8 heteroatoms. The molecule has 1 aliphatic rings. The van der Waals surface area contributed by atoms with E-state index < -0.39 is 0 Å². The molecule has 0 radical (unpaired) electrons. The van der Waals surface area contributed by atoms with Crippen LogP contribution in [0.4, 0.5) is 11.5 Å². The van der Waals surface area contributed by atoms with E-state index >= 15 is 0 Å². The maximum atomic E-state index is 12.4. The third-order valence-electron chi connectivity index (χ3n) is 3.93. The van der Waals surface area contributed by atoms with Crippen molar-refractivity contribution in [2.24, 2.45) is 0 Å². The molecule has 1 amide bonds. The van der Waals surface area contributed by atoms with Crippen LogP contribution in [0.3, 0.4) is 0 Å². The standard InChI is InChI=1S/C17H19ClN4O3/c1-11-9-14(15(24-2)10-12(11)18)19-16-4-3-13(20-21-16)17(23)22-5-7-25-8-6-22/h3-4,9-10H,5-8H2,1-2H3,(H,19,21). The Balaban J connectivity index is 1.75. The van der Waals surface area contributed by atoms with Crippen molar-refractivity contribution in [1.82, 2.24) is 15.1 Å². The average molecular weight is 363 g/mol. The van der Waals surface area contributed by atoms with Crippen molar-refractivity contribution in [3.8, 4) is 5.75 Å². The number of anilines is 2. The Bertz CT molecular complexity index is 761. The van der Waals surface area contributed by atoms with Gasteiger partial charge in [0, 0.05) is 24.2 Å². The molecule has 0 aliphatic carbocycles. The first kappa shape index (κ1) is 17.4. The van der Waals surface area contributed by atoms with Crippen LogP contribution in [0.5, 0.6) is 5.75 Å². The van der Waals surface area contributed by atoms with Crippen LogP contribution in [0.15, 0.2) is 24.3 Å². The van der Waals surface area contributed by atoms with Gasteiger partial charge in [-0.2, -0.15) is 0 Å². The molecule has 7 nitrogen and oxygen atoms in total. The molecule has 25 heavy (non-hydrogen) atoms. The highest BCUT2D eigenvalue weighted by Gasteiger charge is 2.20. The summed E-state index contributed by atoms with van der Waals surface area (Å²) in [5.74, 6) is 0.978. The number of ether oxygens (including phenoxy) is 2. The lowest BCUT2D eigenvalue weighted by atomic mass is 10.2. The normalized spacial score (nSPS) is 14.3. The van der Waals surface area contributed by atoms with Crippen LogP contribution in [0, 0.1) is 6.92 Å². The maximum absolute atomic E-state index is 12.4. The van der Waals surface area contributed by atoms with Crippen molar-refractivity contribution in [3.05, 3.63) is 40.5 Å². The molecule has 0 atom stereocenters. The van der Waals surface area contributed by atoms with Crippen LogP contribution in [-0.4, -0.2) is 54.4 Å². The molecule has 1 N–H and O–H groups in total. The number of aryl methyl sites for hydroxylation is 1. The van der Waals surface area contributed by atoms with Crippen molar-refractivity contribution in [1.29, 1.82) is 0 Å². The minimum Gasteiger partial charge on any atom is -0.495 e. The lowest BCUT2D eigenvalue weighted by Gasteiger charge is -2.26. The lowest BCUT2D eigenvalue weighted by Crippen LogP contribution is -2.41. The molecule has 0 unspecified atom stereocenters. The molecule has 1 fully saturated rings. The molecule has 1 aromatic carbocycles. The summed E-state index contributed by atoms with van der Waals surface area (Å²) in [6.07, 6.45) is 0. The monoisotopic (exact) mass is 362 g/mol. The van der Waals surface area contributed by atoms with Gasteiger partial charge in [-0.15, -0.1) is 10.2 Å². The summed E-state index contributed by atoms with van der Waals surface area (Å²) in [5.41, 5.74) is 1.95. The first-order chi connectivity index (χ1) is 12.1. The Hall–Kier alpha value is -2.38. The lowest BCUT2D eigenvalue weighted by molar-refractivity contribution is 0.0298. The number of hydrogen-bond donors (Lipinski definition) is 1. The second-order valence-electron chi connectivity index (χ2n) is 5.64. The van der Waals surface area contributed by atoms with Gasteiger partial charge in [-0.25, -0.2) is 0 Å². The Labute approximate surface area is 150 Å². The van der Waals surface area contributed by atoms with Gasteiger partial charge in [0.05, 0.1) is 26.0 Å².